The van der Waals surface area contributed by atoms with E-state index in [2.05, 4.69) is 15.5 Å². The van der Waals surface area contributed by atoms with Crippen LogP contribution in [0.4, 0.5) is 10.1 Å². The number of aryl methyl sites for hydroxylation is 1. The number of nitrogens with zero attached hydrogens (tertiary/aromatic N) is 1. The molecular weight excluding hydrogens is 317 g/mol. The number of H-pyrrole nitrogens is 1. The SMILES string of the molecule is Cc1[nH]nc(-c2ccccc2Cl)c1NC(=O)c1ccccc1F. The summed E-state index contributed by atoms with van der Waals surface area (Å²) in [6.07, 6.45) is 0. The van der Waals surface area contributed by atoms with E-state index in [0.29, 0.717) is 27.7 Å². The van der Waals surface area contributed by atoms with Gasteiger partial charge in [0, 0.05) is 5.56 Å². The molecule has 0 spiro atoms. The maximum atomic E-state index is 13.8. The number of carbonyl (C=O) groups is 1. The number of hydrogen-bond donors (Lipinski definition) is 2. The van der Waals surface area contributed by atoms with Gasteiger partial charge in [-0.3, -0.25) is 9.89 Å². The van der Waals surface area contributed by atoms with Gasteiger partial charge in [0.2, 0.25) is 0 Å². The molecule has 4 nitrogen and oxygen atoms in total. The first kappa shape index (κ1) is 15.2. The monoisotopic (exact) mass is 329 g/mol. The van der Waals surface area contributed by atoms with Gasteiger partial charge in [0.1, 0.15) is 11.5 Å². The van der Waals surface area contributed by atoms with Crippen molar-refractivity contribution in [3.05, 3.63) is 70.6 Å². The molecule has 0 aliphatic carbocycles. The van der Waals surface area contributed by atoms with Crippen molar-refractivity contribution < 1.29 is 9.18 Å². The molecule has 6 heteroatoms. The smallest absolute Gasteiger partial charge is 0.258 e. The average Bonchev–Trinajstić information content (AvgIpc) is 2.89. The Morgan fingerprint density at radius 2 is 1.87 bits per heavy atom. The van der Waals surface area contributed by atoms with Crippen molar-refractivity contribution in [2.24, 2.45) is 0 Å². The molecule has 0 unspecified atom stereocenters. The molecule has 116 valence electrons. The van der Waals surface area contributed by atoms with Crippen molar-refractivity contribution in [1.29, 1.82) is 0 Å². The fourth-order valence-electron chi connectivity index (χ4n) is 2.26. The van der Waals surface area contributed by atoms with Gasteiger partial charge < -0.3 is 5.32 Å². The van der Waals surface area contributed by atoms with E-state index in [1.165, 1.54) is 18.2 Å². The number of benzene rings is 2. The molecule has 0 saturated carbocycles. The van der Waals surface area contributed by atoms with E-state index < -0.39 is 11.7 Å². The van der Waals surface area contributed by atoms with Crippen molar-refractivity contribution in [2.45, 2.75) is 6.92 Å². The zero-order valence-corrected chi connectivity index (χ0v) is 13.0. The van der Waals surface area contributed by atoms with Crippen molar-refractivity contribution in [2.75, 3.05) is 5.32 Å². The maximum absolute atomic E-state index is 13.8. The Kier molecular flexibility index (Phi) is 4.12. The van der Waals surface area contributed by atoms with Gasteiger partial charge in [-0.1, -0.05) is 41.9 Å². The minimum absolute atomic E-state index is 0.0294. The lowest BCUT2D eigenvalue weighted by Crippen LogP contribution is -2.14. The van der Waals surface area contributed by atoms with Gasteiger partial charge in [0.05, 0.1) is 22.0 Å². The number of carbonyl (C=O) groups excluding carboxylic acids is 1. The molecular formula is C17H13ClFN3O. The van der Waals surface area contributed by atoms with Crippen LogP contribution in [0, 0.1) is 12.7 Å². The summed E-state index contributed by atoms with van der Waals surface area (Å²) in [5.41, 5.74) is 2.30. The van der Waals surface area contributed by atoms with Gasteiger partial charge in [-0.25, -0.2) is 4.39 Å². The van der Waals surface area contributed by atoms with E-state index in [1.807, 2.05) is 12.1 Å². The maximum Gasteiger partial charge on any atom is 0.258 e. The second-order valence-corrected chi connectivity index (χ2v) is 5.39. The molecule has 0 aliphatic rings. The summed E-state index contributed by atoms with van der Waals surface area (Å²) in [4.78, 5) is 12.3. The number of hydrogen-bond acceptors (Lipinski definition) is 2. The molecule has 2 aromatic carbocycles. The van der Waals surface area contributed by atoms with Crippen LogP contribution in [0.5, 0.6) is 0 Å². The highest BCUT2D eigenvalue weighted by Crippen LogP contribution is 2.33. The Bertz CT molecular complexity index is 876. The molecule has 23 heavy (non-hydrogen) atoms. The Morgan fingerprint density at radius 3 is 2.61 bits per heavy atom. The minimum atomic E-state index is -0.578. The van der Waals surface area contributed by atoms with Gasteiger partial charge in [0.15, 0.2) is 0 Å². The number of anilines is 1. The van der Waals surface area contributed by atoms with Gasteiger partial charge in [0.25, 0.3) is 5.91 Å². The van der Waals surface area contributed by atoms with Gasteiger partial charge in [-0.15, -0.1) is 0 Å². The van der Waals surface area contributed by atoms with E-state index in [0.717, 1.165) is 0 Å². The zero-order chi connectivity index (χ0) is 16.4. The highest BCUT2D eigenvalue weighted by Gasteiger charge is 2.19. The van der Waals surface area contributed by atoms with E-state index in [1.54, 1.807) is 25.1 Å². The normalized spacial score (nSPS) is 10.6. The lowest BCUT2D eigenvalue weighted by atomic mass is 10.1. The summed E-state index contributed by atoms with van der Waals surface area (Å²) >= 11 is 6.19. The summed E-state index contributed by atoms with van der Waals surface area (Å²) < 4.78 is 13.8. The van der Waals surface area contributed by atoms with Crippen LogP contribution in [0.2, 0.25) is 5.02 Å². The first-order chi connectivity index (χ1) is 11.1. The third kappa shape index (κ3) is 2.96. The van der Waals surface area contributed by atoms with Crippen LogP contribution in [0.1, 0.15) is 16.1 Å². The fraction of sp³-hybridized carbons (Fsp3) is 0.0588. The Labute approximate surface area is 137 Å². The van der Waals surface area contributed by atoms with E-state index >= 15 is 0 Å². The van der Waals surface area contributed by atoms with E-state index in [9.17, 15) is 9.18 Å². The molecule has 1 heterocycles. The van der Waals surface area contributed by atoms with Crippen molar-refractivity contribution >= 4 is 23.2 Å². The second kappa shape index (κ2) is 6.22. The van der Waals surface area contributed by atoms with Gasteiger partial charge in [-0.05, 0) is 25.1 Å². The molecule has 3 rings (SSSR count). The molecule has 3 aromatic rings. The van der Waals surface area contributed by atoms with Gasteiger partial charge >= 0.3 is 0 Å². The molecule has 1 aromatic heterocycles. The number of rotatable bonds is 3. The highest BCUT2D eigenvalue weighted by molar-refractivity contribution is 6.33. The zero-order valence-electron chi connectivity index (χ0n) is 12.2. The van der Waals surface area contributed by atoms with Gasteiger partial charge in [-0.2, -0.15) is 5.10 Å². The molecule has 0 aliphatic heterocycles. The lowest BCUT2D eigenvalue weighted by molar-refractivity contribution is 0.102. The first-order valence-electron chi connectivity index (χ1n) is 6.93. The van der Waals surface area contributed by atoms with E-state index in [4.69, 9.17) is 11.6 Å². The van der Waals surface area contributed by atoms with Crippen molar-refractivity contribution in [3.63, 3.8) is 0 Å². The Morgan fingerprint density at radius 1 is 1.17 bits per heavy atom. The van der Waals surface area contributed by atoms with Crippen molar-refractivity contribution in [3.8, 4) is 11.3 Å². The third-order valence-corrected chi connectivity index (χ3v) is 3.76. The molecule has 1 amide bonds. The lowest BCUT2D eigenvalue weighted by Gasteiger charge is -2.08. The highest BCUT2D eigenvalue weighted by atomic mass is 35.5. The predicted molar refractivity (Wildman–Crippen MR) is 88.1 cm³/mol. The number of aromatic amines is 1. The number of amides is 1. The van der Waals surface area contributed by atoms with Crippen LogP contribution in [0.15, 0.2) is 48.5 Å². The first-order valence-corrected chi connectivity index (χ1v) is 7.31. The Hall–Kier alpha value is -2.66. The summed E-state index contributed by atoms with van der Waals surface area (Å²) in [7, 11) is 0. The minimum Gasteiger partial charge on any atom is -0.318 e. The summed E-state index contributed by atoms with van der Waals surface area (Å²) in [6, 6.07) is 13.0. The summed E-state index contributed by atoms with van der Waals surface area (Å²) in [5, 5.41) is 10.2. The largest absolute Gasteiger partial charge is 0.318 e. The average molecular weight is 330 g/mol. The van der Waals surface area contributed by atoms with Crippen LogP contribution in [0.25, 0.3) is 11.3 Å². The predicted octanol–water partition coefficient (Wildman–Crippen LogP) is 4.43. The molecule has 0 saturated heterocycles. The van der Waals surface area contributed by atoms with Crippen LogP contribution < -0.4 is 5.32 Å². The second-order valence-electron chi connectivity index (χ2n) is 4.99. The quantitative estimate of drug-likeness (QED) is 0.746. The molecule has 0 bridgehead atoms. The molecule has 0 atom stereocenters. The topological polar surface area (TPSA) is 57.8 Å². The van der Waals surface area contributed by atoms with Crippen LogP contribution >= 0.6 is 11.6 Å². The molecule has 2 N–H and O–H groups in total. The van der Waals surface area contributed by atoms with E-state index in [-0.39, 0.29) is 5.56 Å². The standard InChI is InChI=1S/C17H13ClFN3O/c1-10-15(20-17(23)12-7-3-5-9-14(12)19)16(22-21-10)11-6-2-4-8-13(11)18/h2-9H,1H3,(H,20,23)(H,21,22). The van der Waals surface area contributed by atoms with Crippen LogP contribution in [-0.2, 0) is 0 Å². The number of nitrogens with one attached hydrogen (secondary N) is 2. The fourth-order valence-corrected chi connectivity index (χ4v) is 2.48. The Balaban J connectivity index is 1.99. The molecule has 0 radical (unpaired) electrons. The third-order valence-electron chi connectivity index (χ3n) is 3.43. The van der Waals surface area contributed by atoms with Crippen LogP contribution in [0.3, 0.4) is 0 Å². The number of aromatic nitrogens is 2. The summed E-state index contributed by atoms with van der Waals surface area (Å²) in [5.74, 6) is -1.12. The summed E-state index contributed by atoms with van der Waals surface area (Å²) in [6.45, 7) is 1.77. The van der Waals surface area contributed by atoms with Crippen molar-refractivity contribution in [1.82, 2.24) is 10.2 Å². The van der Waals surface area contributed by atoms with Crippen LogP contribution in [-0.4, -0.2) is 16.1 Å². The molecule has 0 fully saturated rings. The number of halogens is 2.